The fourth-order valence-corrected chi connectivity index (χ4v) is 4.20. The molecule has 1 fully saturated rings. The molecule has 0 unspecified atom stereocenters. The van der Waals surface area contributed by atoms with Gasteiger partial charge in [0.2, 0.25) is 5.79 Å². The van der Waals surface area contributed by atoms with Crippen LogP contribution in [0.15, 0.2) is 55.1 Å². The number of nitrogens with zero attached hydrogens (tertiary/aromatic N) is 2. The number of benzene rings is 2. The Morgan fingerprint density at radius 2 is 1.77 bits per heavy atom. The number of ether oxygens (including phenoxy) is 3. The number of aromatic nitrogens is 2. The fourth-order valence-electron chi connectivity index (χ4n) is 4.20. The first-order chi connectivity index (χ1) is 14.7. The highest BCUT2D eigenvalue weighted by Crippen LogP contribution is 2.39. The maximum Gasteiger partial charge on any atom is 0.213 e. The molecule has 1 aromatic heterocycles. The predicted octanol–water partition coefficient (Wildman–Crippen LogP) is 4.97. The molecule has 0 bridgehead atoms. The molecule has 0 aliphatic carbocycles. The monoisotopic (exact) mass is 406 g/mol. The van der Waals surface area contributed by atoms with E-state index in [2.05, 4.69) is 43.1 Å². The summed E-state index contributed by atoms with van der Waals surface area (Å²) in [6, 6.07) is 12.9. The van der Waals surface area contributed by atoms with Crippen molar-refractivity contribution >= 4 is 0 Å². The van der Waals surface area contributed by atoms with E-state index in [1.165, 1.54) is 22.3 Å². The van der Waals surface area contributed by atoms with E-state index < -0.39 is 5.79 Å². The molecule has 2 heterocycles. The number of aryl methyl sites for hydroxylation is 2. The van der Waals surface area contributed by atoms with Crippen LogP contribution in [-0.2, 0) is 34.6 Å². The van der Waals surface area contributed by atoms with Gasteiger partial charge < -0.3 is 18.8 Å². The van der Waals surface area contributed by atoms with Gasteiger partial charge in [-0.25, -0.2) is 4.98 Å². The van der Waals surface area contributed by atoms with Crippen molar-refractivity contribution in [3.8, 4) is 16.9 Å². The van der Waals surface area contributed by atoms with Crippen molar-refractivity contribution < 1.29 is 14.2 Å². The first kappa shape index (κ1) is 20.6. The van der Waals surface area contributed by atoms with E-state index >= 15 is 0 Å². The van der Waals surface area contributed by atoms with Crippen LogP contribution in [0.1, 0.15) is 37.0 Å². The molecule has 0 N–H and O–H groups in total. The average molecular weight is 407 g/mol. The molecule has 0 radical (unpaired) electrons. The van der Waals surface area contributed by atoms with Crippen LogP contribution in [0.3, 0.4) is 0 Å². The second-order valence-electron chi connectivity index (χ2n) is 7.64. The normalized spacial score (nSPS) is 15.8. The lowest BCUT2D eigenvalue weighted by Crippen LogP contribution is -2.42. The molecule has 1 aliphatic heterocycles. The van der Waals surface area contributed by atoms with E-state index in [0.717, 1.165) is 30.6 Å². The average Bonchev–Trinajstić information content (AvgIpc) is 3.31. The minimum atomic E-state index is -0.785. The predicted molar refractivity (Wildman–Crippen MR) is 118 cm³/mol. The lowest BCUT2D eigenvalue weighted by molar-refractivity contribution is -0.283. The molecule has 0 saturated carbocycles. The van der Waals surface area contributed by atoms with Gasteiger partial charge in [0, 0.05) is 18.0 Å². The first-order valence-corrected chi connectivity index (χ1v) is 10.7. The third kappa shape index (κ3) is 4.00. The van der Waals surface area contributed by atoms with Crippen molar-refractivity contribution in [1.29, 1.82) is 0 Å². The molecule has 1 saturated heterocycles. The highest BCUT2D eigenvalue weighted by atomic mass is 16.7. The standard InChI is InChI=1S/C25H30N2O3/c1-4-19-16-24(25(29-13-6-14-30-25)17-27-12-11-26-18-27)20(5-2)15-23(19)21-7-9-22(28-3)10-8-21/h7-12,15-16,18H,4-6,13-14,17H2,1-3H3. The van der Waals surface area contributed by atoms with Crippen molar-refractivity contribution in [3.63, 3.8) is 0 Å². The van der Waals surface area contributed by atoms with E-state index in [-0.39, 0.29) is 0 Å². The maximum absolute atomic E-state index is 6.36. The quantitative estimate of drug-likeness (QED) is 0.556. The van der Waals surface area contributed by atoms with Crippen molar-refractivity contribution in [3.05, 3.63) is 71.8 Å². The van der Waals surface area contributed by atoms with Gasteiger partial charge in [0.25, 0.3) is 0 Å². The van der Waals surface area contributed by atoms with Crippen LogP contribution in [0.4, 0.5) is 0 Å². The summed E-state index contributed by atoms with van der Waals surface area (Å²) in [5.41, 5.74) is 6.13. The fraction of sp³-hybridized carbons (Fsp3) is 0.400. The molecule has 0 amide bonds. The summed E-state index contributed by atoms with van der Waals surface area (Å²) < 4.78 is 20.1. The Hall–Kier alpha value is -2.63. The summed E-state index contributed by atoms with van der Waals surface area (Å²) in [5, 5.41) is 0. The Labute approximate surface area is 178 Å². The Morgan fingerprint density at radius 3 is 2.37 bits per heavy atom. The lowest BCUT2D eigenvalue weighted by atomic mass is 9.88. The Bertz CT molecular complexity index is 959. The van der Waals surface area contributed by atoms with E-state index in [4.69, 9.17) is 14.2 Å². The van der Waals surface area contributed by atoms with Crippen LogP contribution in [0.25, 0.3) is 11.1 Å². The molecule has 0 spiro atoms. The molecule has 3 aromatic rings. The smallest absolute Gasteiger partial charge is 0.213 e. The van der Waals surface area contributed by atoms with Crippen LogP contribution < -0.4 is 4.74 Å². The summed E-state index contributed by atoms with van der Waals surface area (Å²) in [6.45, 7) is 6.36. The second kappa shape index (κ2) is 9.02. The molecule has 1 aliphatic rings. The number of methoxy groups -OCH3 is 1. The number of hydrogen-bond acceptors (Lipinski definition) is 4. The van der Waals surface area contributed by atoms with Gasteiger partial charge in [0.15, 0.2) is 0 Å². The van der Waals surface area contributed by atoms with Crippen LogP contribution in [-0.4, -0.2) is 29.9 Å². The minimum Gasteiger partial charge on any atom is -0.497 e. The summed E-state index contributed by atoms with van der Waals surface area (Å²) in [6.07, 6.45) is 8.32. The highest BCUT2D eigenvalue weighted by Gasteiger charge is 2.39. The first-order valence-electron chi connectivity index (χ1n) is 10.7. The van der Waals surface area contributed by atoms with Crippen molar-refractivity contribution in [2.24, 2.45) is 0 Å². The van der Waals surface area contributed by atoms with Crippen LogP contribution >= 0.6 is 0 Å². The third-order valence-corrected chi connectivity index (χ3v) is 5.81. The van der Waals surface area contributed by atoms with Gasteiger partial charge in [-0.3, -0.25) is 0 Å². The van der Waals surface area contributed by atoms with Crippen LogP contribution in [0, 0.1) is 0 Å². The molecule has 2 aromatic carbocycles. The van der Waals surface area contributed by atoms with Gasteiger partial charge in [-0.15, -0.1) is 0 Å². The van der Waals surface area contributed by atoms with Gasteiger partial charge in [0.05, 0.1) is 33.2 Å². The zero-order chi connectivity index (χ0) is 21.0. The summed E-state index contributed by atoms with van der Waals surface area (Å²) in [4.78, 5) is 4.20. The number of rotatable bonds is 7. The van der Waals surface area contributed by atoms with E-state index in [1.54, 1.807) is 13.3 Å². The van der Waals surface area contributed by atoms with Gasteiger partial charge >= 0.3 is 0 Å². The highest BCUT2D eigenvalue weighted by molar-refractivity contribution is 5.70. The van der Waals surface area contributed by atoms with Crippen LogP contribution in [0.5, 0.6) is 5.75 Å². The van der Waals surface area contributed by atoms with Gasteiger partial charge in [0.1, 0.15) is 5.75 Å². The largest absolute Gasteiger partial charge is 0.497 e. The van der Waals surface area contributed by atoms with E-state index in [9.17, 15) is 0 Å². The van der Waals surface area contributed by atoms with Crippen LogP contribution in [0.2, 0.25) is 0 Å². The molecule has 5 nitrogen and oxygen atoms in total. The molecule has 5 heteroatoms. The van der Waals surface area contributed by atoms with E-state index in [1.807, 2.05) is 29.2 Å². The molecular weight excluding hydrogens is 376 g/mol. The minimum absolute atomic E-state index is 0.588. The molecule has 30 heavy (non-hydrogen) atoms. The molecule has 4 rings (SSSR count). The second-order valence-corrected chi connectivity index (χ2v) is 7.64. The molecule has 0 atom stereocenters. The van der Waals surface area contributed by atoms with Crippen molar-refractivity contribution in [1.82, 2.24) is 9.55 Å². The lowest BCUT2D eigenvalue weighted by Gasteiger charge is -2.39. The zero-order valence-electron chi connectivity index (χ0n) is 18.1. The summed E-state index contributed by atoms with van der Waals surface area (Å²) >= 11 is 0. The zero-order valence-corrected chi connectivity index (χ0v) is 18.1. The number of hydrogen-bond donors (Lipinski definition) is 0. The number of imidazole rings is 1. The third-order valence-electron chi connectivity index (χ3n) is 5.81. The Morgan fingerprint density at radius 1 is 1.03 bits per heavy atom. The van der Waals surface area contributed by atoms with Gasteiger partial charge in [-0.2, -0.15) is 0 Å². The Balaban J connectivity index is 1.81. The van der Waals surface area contributed by atoms with Crippen molar-refractivity contribution in [2.75, 3.05) is 20.3 Å². The SMILES string of the molecule is CCc1cc(C2(Cn3ccnc3)OCCCO2)c(CC)cc1-c1ccc(OC)cc1. The molecular formula is C25H30N2O3. The van der Waals surface area contributed by atoms with Gasteiger partial charge in [-0.1, -0.05) is 32.0 Å². The Kier molecular flexibility index (Phi) is 6.21. The summed E-state index contributed by atoms with van der Waals surface area (Å²) in [5.74, 6) is 0.0829. The topological polar surface area (TPSA) is 45.5 Å². The summed E-state index contributed by atoms with van der Waals surface area (Å²) in [7, 11) is 1.69. The van der Waals surface area contributed by atoms with Gasteiger partial charge in [-0.05, 0) is 59.7 Å². The van der Waals surface area contributed by atoms with Crippen molar-refractivity contribution in [2.45, 2.75) is 45.4 Å². The maximum atomic E-state index is 6.36. The van der Waals surface area contributed by atoms with E-state index in [0.29, 0.717) is 19.8 Å². The molecule has 158 valence electrons.